The standard InChI is InChI=1S/C14H22BrNO/c1-2-16(10-13-6-5-9-17-13)12-14(11-15)7-3-4-8-14/h5-6,9H,2-4,7-8,10-12H2,1H3. The van der Waals surface area contributed by atoms with Crippen LogP contribution >= 0.6 is 15.9 Å². The van der Waals surface area contributed by atoms with Gasteiger partial charge in [-0.1, -0.05) is 35.7 Å². The van der Waals surface area contributed by atoms with Crippen LogP contribution in [0.15, 0.2) is 22.8 Å². The summed E-state index contributed by atoms with van der Waals surface area (Å²) in [6.45, 7) is 5.46. The average molecular weight is 300 g/mol. The molecule has 96 valence electrons. The van der Waals surface area contributed by atoms with Gasteiger partial charge in [0.25, 0.3) is 0 Å². The van der Waals surface area contributed by atoms with Crippen LogP contribution in [0.4, 0.5) is 0 Å². The Morgan fingerprint density at radius 1 is 1.41 bits per heavy atom. The molecule has 2 rings (SSSR count). The normalized spacial score (nSPS) is 19.0. The lowest BCUT2D eigenvalue weighted by Crippen LogP contribution is -2.36. The summed E-state index contributed by atoms with van der Waals surface area (Å²) in [7, 11) is 0. The Kier molecular flexibility index (Phi) is 4.69. The first-order valence-electron chi connectivity index (χ1n) is 6.59. The first-order chi connectivity index (χ1) is 8.28. The van der Waals surface area contributed by atoms with Gasteiger partial charge in [-0.3, -0.25) is 4.90 Å². The van der Waals surface area contributed by atoms with Gasteiger partial charge >= 0.3 is 0 Å². The Morgan fingerprint density at radius 2 is 2.18 bits per heavy atom. The summed E-state index contributed by atoms with van der Waals surface area (Å²) in [5.41, 5.74) is 0.503. The third-order valence-corrected chi connectivity index (χ3v) is 5.10. The van der Waals surface area contributed by atoms with Crippen LogP contribution in [0, 0.1) is 5.41 Å². The lowest BCUT2D eigenvalue weighted by Gasteiger charge is -2.33. The second kappa shape index (κ2) is 6.05. The van der Waals surface area contributed by atoms with Crippen molar-refractivity contribution in [3.05, 3.63) is 24.2 Å². The molecule has 0 atom stereocenters. The molecule has 0 saturated heterocycles. The molecule has 1 fully saturated rings. The van der Waals surface area contributed by atoms with Crippen LogP contribution in [0.25, 0.3) is 0 Å². The summed E-state index contributed by atoms with van der Waals surface area (Å²) in [5, 5.41) is 1.13. The smallest absolute Gasteiger partial charge is 0.117 e. The van der Waals surface area contributed by atoms with Crippen LogP contribution in [-0.2, 0) is 6.54 Å². The topological polar surface area (TPSA) is 16.4 Å². The van der Waals surface area contributed by atoms with Crippen molar-refractivity contribution in [3.8, 4) is 0 Å². The van der Waals surface area contributed by atoms with E-state index in [1.165, 1.54) is 32.2 Å². The van der Waals surface area contributed by atoms with Crippen LogP contribution in [0.5, 0.6) is 0 Å². The summed E-state index contributed by atoms with van der Waals surface area (Å²) in [5.74, 6) is 1.08. The second-order valence-corrected chi connectivity index (χ2v) is 5.78. The van der Waals surface area contributed by atoms with Crippen molar-refractivity contribution >= 4 is 15.9 Å². The van der Waals surface area contributed by atoms with E-state index in [-0.39, 0.29) is 0 Å². The Balaban J connectivity index is 1.94. The zero-order valence-corrected chi connectivity index (χ0v) is 12.2. The molecular weight excluding hydrogens is 278 g/mol. The summed E-state index contributed by atoms with van der Waals surface area (Å²) in [6, 6.07) is 4.04. The van der Waals surface area contributed by atoms with E-state index in [0.29, 0.717) is 5.41 Å². The fourth-order valence-electron chi connectivity index (χ4n) is 2.84. The van der Waals surface area contributed by atoms with Crippen molar-refractivity contribution in [1.82, 2.24) is 4.90 Å². The van der Waals surface area contributed by atoms with Crippen LogP contribution in [0.2, 0.25) is 0 Å². The molecule has 1 aromatic heterocycles. The van der Waals surface area contributed by atoms with Gasteiger partial charge in [-0.25, -0.2) is 0 Å². The Hall–Kier alpha value is -0.280. The predicted molar refractivity (Wildman–Crippen MR) is 74.4 cm³/mol. The van der Waals surface area contributed by atoms with E-state index in [2.05, 4.69) is 33.8 Å². The molecule has 1 heterocycles. The molecule has 0 aromatic carbocycles. The van der Waals surface area contributed by atoms with E-state index in [4.69, 9.17) is 4.42 Å². The van der Waals surface area contributed by atoms with Crippen molar-refractivity contribution in [3.63, 3.8) is 0 Å². The first kappa shape index (κ1) is 13.2. The molecule has 0 amide bonds. The maximum absolute atomic E-state index is 5.44. The van der Waals surface area contributed by atoms with E-state index < -0.39 is 0 Å². The van der Waals surface area contributed by atoms with Gasteiger partial charge in [-0.15, -0.1) is 0 Å². The third kappa shape index (κ3) is 3.35. The quantitative estimate of drug-likeness (QED) is 0.737. The summed E-state index contributed by atoms with van der Waals surface area (Å²) >= 11 is 3.72. The van der Waals surface area contributed by atoms with Crippen molar-refractivity contribution in [2.24, 2.45) is 5.41 Å². The minimum atomic E-state index is 0.503. The number of hydrogen-bond acceptors (Lipinski definition) is 2. The highest BCUT2D eigenvalue weighted by Gasteiger charge is 2.34. The highest BCUT2D eigenvalue weighted by molar-refractivity contribution is 9.09. The van der Waals surface area contributed by atoms with Crippen molar-refractivity contribution in [2.45, 2.75) is 39.2 Å². The highest BCUT2D eigenvalue weighted by atomic mass is 79.9. The number of alkyl halides is 1. The van der Waals surface area contributed by atoms with Gasteiger partial charge in [0.15, 0.2) is 0 Å². The maximum Gasteiger partial charge on any atom is 0.117 e. The van der Waals surface area contributed by atoms with E-state index in [0.717, 1.165) is 24.2 Å². The molecular formula is C14H22BrNO. The maximum atomic E-state index is 5.44. The number of rotatable bonds is 6. The molecule has 0 bridgehead atoms. The van der Waals surface area contributed by atoms with E-state index in [9.17, 15) is 0 Å². The van der Waals surface area contributed by atoms with Crippen LogP contribution < -0.4 is 0 Å². The van der Waals surface area contributed by atoms with Crippen molar-refractivity contribution < 1.29 is 4.42 Å². The molecule has 0 unspecified atom stereocenters. The summed E-state index contributed by atoms with van der Waals surface area (Å²) in [4.78, 5) is 2.51. The molecule has 1 aliphatic carbocycles. The lowest BCUT2D eigenvalue weighted by atomic mass is 9.88. The third-order valence-electron chi connectivity index (χ3n) is 3.91. The SMILES string of the molecule is CCN(Cc1ccco1)CC1(CBr)CCCC1. The summed E-state index contributed by atoms with van der Waals surface area (Å²) in [6.07, 6.45) is 7.28. The highest BCUT2D eigenvalue weighted by Crippen LogP contribution is 2.40. The minimum absolute atomic E-state index is 0.503. The largest absolute Gasteiger partial charge is 0.468 e. The van der Waals surface area contributed by atoms with Gasteiger partial charge in [0.2, 0.25) is 0 Å². The van der Waals surface area contributed by atoms with Gasteiger partial charge in [0.05, 0.1) is 12.8 Å². The Morgan fingerprint density at radius 3 is 2.71 bits per heavy atom. The number of halogens is 1. The van der Waals surface area contributed by atoms with Crippen LogP contribution in [0.1, 0.15) is 38.4 Å². The molecule has 0 aliphatic heterocycles. The van der Waals surface area contributed by atoms with Crippen LogP contribution in [-0.4, -0.2) is 23.3 Å². The zero-order valence-electron chi connectivity index (χ0n) is 10.6. The molecule has 0 radical (unpaired) electrons. The average Bonchev–Trinajstić information content (AvgIpc) is 3.00. The molecule has 1 aliphatic rings. The molecule has 2 nitrogen and oxygen atoms in total. The monoisotopic (exact) mass is 299 g/mol. The molecule has 1 saturated carbocycles. The fourth-order valence-corrected chi connectivity index (χ4v) is 3.57. The molecule has 0 N–H and O–H groups in total. The molecule has 17 heavy (non-hydrogen) atoms. The van der Waals surface area contributed by atoms with Gasteiger partial charge in [-0.2, -0.15) is 0 Å². The van der Waals surface area contributed by atoms with Crippen LogP contribution in [0.3, 0.4) is 0 Å². The minimum Gasteiger partial charge on any atom is -0.468 e. The number of hydrogen-bond donors (Lipinski definition) is 0. The predicted octanol–water partition coefficient (Wildman–Crippen LogP) is 4.06. The van der Waals surface area contributed by atoms with Crippen molar-refractivity contribution in [1.29, 1.82) is 0 Å². The Labute approximate surface area is 112 Å². The van der Waals surface area contributed by atoms with Gasteiger partial charge in [0.1, 0.15) is 5.76 Å². The molecule has 3 heteroatoms. The Bertz CT molecular complexity index is 317. The number of furan rings is 1. The van der Waals surface area contributed by atoms with E-state index in [1.54, 1.807) is 6.26 Å². The lowest BCUT2D eigenvalue weighted by molar-refractivity contribution is 0.162. The molecule has 0 spiro atoms. The zero-order chi connectivity index (χ0) is 12.1. The number of nitrogens with zero attached hydrogens (tertiary/aromatic N) is 1. The molecule has 1 aromatic rings. The summed E-state index contributed by atoms with van der Waals surface area (Å²) < 4.78 is 5.44. The first-order valence-corrected chi connectivity index (χ1v) is 7.71. The fraction of sp³-hybridized carbons (Fsp3) is 0.714. The van der Waals surface area contributed by atoms with E-state index >= 15 is 0 Å². The van der Waals surface area contributed by atoms with Crippen molar-refractivity contribution in [2.75, 3.05) is 18.4 Å². The second-order valence-electron chi connectivity index (χ2n) is 5.22. The van der Waals surface area contributed by atoms with E-state index in [1.807, 2.05) is 6.07 Å². The van der Waals surface area contributed by atoms with Gasteiger partial charge < -0.3 is 4.42 Å². The van der Waals surface area contributed by atoms with Gasteiger partial charge in [0, 0.05) is 11.9 Å². The van der Waals surface area contributed by atoms with Gasteiger partial charge in [-0.05, 0) is 36.9 Å².